The highest BCUT2D eigenvalue weighted by atomic mass is 16.5. The molecule has 0 fully saturated rings. The molecule has 1 aromatic carbocycles. The Morgan fingerprint density at radius 2 is 2.00 bits per heavy atom. The van der Waals surface area contributed by atoms with E-state index in [0.29, 0.717) is 11.7 Å². The Kier molecular flexibility index (Phi) is 4.14. The summed E-state index contributed by atoms with van der Waals surface area (Å²) in [7, 11) is 0. The molecule has 3 heterocycles. The third-order valence-electron chi connectivity index (χ3n) is 3.98. The molecular weight excluding hydrogens is 330 g/mol. The maximum atomic E-state index is 5.21. The van der Waals surface area contributed by atoms with E-state index < -0.39 is 0 Å². The van der Waals surface area contributed by atoms with Crippen molar-refractivity contribution < 1.29 is 4.52 Å². The van der Waals surface area contributed by atoms with Gasteiger partial charge in [-0.2, -0.15) is 10.1 Å². The van der Waals surface area contributed by atoms with Crippen molar-refractivity contribution in [2.45, 2.75) is 19.9 Å². The van der Waals surface area contributed by atoms with Crippen LogP contribution in [-0.4, -0.2) is 29.9 Å². The molecule has 0 amide bonds. The zero-order chi connectivity index (χ0) is 17.9. The summed E-state index contributed by atoms with van der Waals surface area (Å²) in [4.78, 5) is 12.6. The van der Waals surface area contributed by atoms with E-state index in [1.165, 1.54) is 6.33 Å². The molecule has 1 atom stereocenters. The zero-order valence-electron chi connectivity index (χ0n) is 14.4. The average molecular weight is 347 g/mol. The summed E-state index contributed by atoms with van der Waals surface area (Å²) in [5.74, 6) is 1.83. The topological polar surface area (TPSA) is 94.6 Å². The van der Waals surface area contributed by atoms with Gasteiger partial charge >= 0.3 is 0 Å². The van der Waals surface area contributed by atoms with Crippen molar-refractivity contribution in [1.29, 1.82) is 0 Å². The van der Waals surface area contributed by atoms with Crippen LogP contribution in [0.25, 0.3) is 17.1 Å². The van der Waals surface area contributed by atoms with Gasteiger partial charge in [0.1, 0.15) is 18.5 Å². The van der Waals surface area contributed by atoms with Gasteiger partial charge in [-0.15, -0.1) is 0 Å². The Balaban J connectivity index is 1.50. The highest BCUT2D eigenvalue weighted by Crippen LogP contribution is 2.23. The van der Waals surface area contributed by atoms with Gasteiger partial charge in [0.25, 0.3) is 5.89 Å². The number of nitrogens with one attached hydrogen (secondary N) is 1. The smallest absolute Gasteiger partial charge is 0.258 e. The summed E-state index contributed by atoms with van der Waals surface area (Å²) in [6.45, 7) is 3.87. The summed E-state index contributed by atoms with van der Waals surface area (Å²) in [6, 6.07) is 11.9. The van der Waals surface area contributed by atoms with Crippen LogP contribution in [0.2, 0.25) is 0 Å². The van der Waals surface area contributed by atoms with Crippen LogP contribution in [0, 0.1) is 6.92 Å². The van der Waals surface area contributed by atoms with Crippen molar-refractivity contribution in [2.75, 3.05) is 5.32 Å². The number of aromatic nitrogens is 6. The number of aryl methyl sites for hydroxylation is 1. The van der Waals surface area contributed by atoms with Crippen molar-refractivity contribution in [1.82, 2.24) is 29.9 Å². The summed E-state index contributed by atoms with van der Waals surface area (Å²) < 4.78 is 6.94. The molecule has 4 aromatic rings. The van der Waals surface area contributed by atoms with Gasteiger partial charge in [-0.1, -0.05) is 17.3 Å². The average Bonchev–Trinajstić information content (AvgIpc) is 3.34. The maximum Gasteiger partial charge on any atom is 0.258 e. The maximum absolute atomic E-state index is 5.21. The van der Waals surface area contributed by atoms with Crippen molar-refractivity contribution in [3.8, 4) is 17.1 Å². The summed E-state index contributed by atoms with van der Waals surface area (Å²) >= 11 is 0. The summed E-state index contributed by atoms with van der Waals surface area (Å²) in [5.41, 5.74) is 2.93. The van der Waals surface area contributed by atoms with Gasteiger partial charge < -0.3 is 9.84 Å². The molecule has 0 saturated heterocycles. The number of anilines is 1. The van der Waals surface area contributed by atoms with E-state index in [4.69, 9.17) is 4.52 Å². The number of nitrogens with zero attached hydrogens (tertiary/aromatic N) is 6. The van der Waals surface area contributed by atoms with Gasteiger partial charge in [-0.25, -0.2) is 14.6 Å². The van der Waals surface area contributed by atoms with Gasteiger partial charge in [0.05, 0.1) is 5.69 Å². The number of hydrogen-bond acceptors (Lipinski definition) is 7. The molecular formula is C18H17N7O. The molecule has 8 heteroatoms. The van der Waals surface area contributed by atoms with E-state index >= 15 is 0 Å². The van der Waals surface area contributed by atoms with Gasteiger partial charge in [0, 0.05) is 17.8 Å². The van der Waals surface area contributed by atoms with E-state index in [1.807, 2.05) is 24.3 Å². The van der Waals surface area contributed by atoms with E-state index in [9.17, 15) is 0 Å². The molecule has 1 N–H and O–H groups in total. The first-order valence-corrected chi connectivity index (χ1v) is 8.17. The van der Waals surface area contributed by atoms with Crippen LogP contribution in [0.1, 0.15) is 24.4 Å². The van der Waals surface area contributed by atoms with Crippen LogP contribution in [-0.2, 0) is 0 Å². The van der Waals surface area contributed by atoms with Crippen LogP contribution in [0.3, 0.4) is 0 Å². The number of rotatable bonds is 5. The SMILES string of the molecule is Cc1noc(-c2ccnc(N[C@@H](C)c3ccc(-n4cncn4)cc3)c2)n1. The molecule has 0 aliphatic heterocycles. The van der Waals surface area contributed by atoms with Gasteiger partial charge in [0.15, 0.2) is 5.82 Å². The molecule has 0 aliphatic rings. The highest BCUT2D eigenvalue weighted by molar-refractivity contribution is 5.58. The molecule has 0 saturated carbocycles. The first kappa shape index (κ1) is 15.9. The van der Waals surface area contributed by atoms with Crippen molar-refractivity contribution in [3.63, 3.8) is 0 Å². The molecule has 130 valence electrons. The van der Waals surface area contributed by atoms with E-state index in [1.54, 1.807) is 24.1 Å². The predicted molar refractivity (Wildman–Crippen MR) is 95.7 cm³/mol. The Morgan fingerprint density at radius 1 is 1.15 bits per heavy atom. The predicted octanol–water partition coefficient (Wildman–Crippen LogP) is 3.19. The molecule has 0 unspecified atom stereocenters. The fourth-order valence-corrected chi connectivity index (χ4v) is 2.62. The second-order valence-corrected chi connectivity index (χ2v) is 5.87. The van der Waals surface area contributed by atoms with Crippen LogP contribution < -0.4 is 5.32 Å². The molecule has 0 aliphatic carbocycles. The van der Waals surface area contributed by atoms with Crippen molar-refractivity contribution >= 4 is 5.82 Å². The van der Waals surface area contributed by atoms with Crippen LogP contribution in [0.15, 0.2) is 59.8 Å². The lowest BCUT2D eigenvalue weighted by molar-refractivity contribution is 0.425. The van der Waals surface area contributed by atoms with Crippen LogP contribution >= 0.6 is 0 Å². The van der Waals surface area contributed by atoms with Gasteiger partial charge in [-0.3, -0.25) is 0 Å². The molecule has 8 nitrogen and oxygen atoms in total. The molecule has 3 aromatic heterocycles. The molecule has 26 heavy (non-hydrogen) atoms. The third-order valence-corrected chi connectivity index (χ3v) is 3.98. The fraction of sp³-hybridized carbons (Fsp3) is 0.167. The number of hydrogen-bond donors (Lipinski definition) is 1. The normalized spacial score (nSPS) is 12.1. The minimum atomic E-state index is 0.0759. The van der Waals surface area contributed by atoms with Crippen LogP contribution in [0.4, 0.5) is 5.82 Å². The molecule has 4 rings (SSSR count). The standard InChI is InChI=1S/C18H17N7O/c1-12(14-3-5-16(6-4-14)25-11-19-10-21-25)22-17-9-15(7-8-20-17)18-23-13(2)24-26-18/h3-12H,1-2H3,(H,20,22)/t12-/m0/s1. The second-order valence-electron chi connectivity index (χ2n) is 5.87. The van der Waals surface area contributed by atoms with Crippen molar-refractivity contribution in [3.05, 3.63) is 66.6 Å². The van der Waals surface area contributed by atoms with Crippen molar-refractivity contribution in [2.24, 2.45) is 0 Å². The Hall–Kier alpha value is -3.55. The third kappa shape index (κ3) is 3.30. The van der Waals surface area contributed by atoms with E-state index in [-0.39, 0.29) is 6.04 Å². The molecule has 0 bridgehead atoms. The summed E-state index contributed by atoms with van der Waals surface area (Å²) in [6.07, 6.45) is 4.91. The molecule has 0 spiro atoms. The first-order valence-electron chi connectivity index (χ1n) is 8.17. The Morgan fingerprint density at radius 3 is 2.69 bits per heavy atom. The quantitative estimate of drug-likeness (QED) is 0.592. The largest absolute Gasteiger partial charge is 0.364 e. The highest BCUT2D eigenvalue weighted by Gasteiger charge is 2.10. The number of pyridine rings is 1. The number of benzene rings is 1. The zero-order valence-corrected chi connectivity index (χ0v) is 14.4. The first-order chi connectivity index (χ1) is 12.7. The monoisotopic (exact) mass is 347 g/mol. The van der Waals surface area contributed by atoms with Crippen LogP contribution in [0.5, 0.6) is 0 Å². The Labute approximate surface area is 149 Å². The minimum absolute atomic E-state index is 0.0759. The minimum Gasteiger partial charge on any atom is -0.364 e. The Bertz CT molecular complexity index is 993. The second kappa shape index (κ2) is 6.75. The van der Waals surface area contributed by atoms with Gasteiger partial charge in [0.2, 0.25) is 0 Å². The lowest BCUT2D eigenvalue weighted by atomic mass is 10.1. The molecule has 0 radical (unpaired) electrons. The van der Waals surface area contributed by atoms with E-state index in [2.05, 4.69) is 49.6 Å². The lowest BCUT2D eigenvalue weighted by Crippen LogP contribution is -2.08. The van der Waals surface area contributed by atoms with E-state index in [0.717, 1.165) is 22.6 Å². The summed E-state index contributed by atoms with van der Waals surface area (Å²) in [5, 5.41) is 11.3. The fourth-order valence-electron chi connectivity index (χ4n) is 2.62. The van der Waals surface area contributed by atoms with Gasteiger partial charge in [-0.05, 0) is 43.7 Å². The lowest BCUT2D eigenvalue weighted by Gasteiger charge is -2.15.